The van der Waals surface area contributed by atoms with E-state index in [0.717, 1.165) is 43.7 Å². The van der Waals surface area contributed by atoms with Crippen molar-refractivity contribution in [1.82, 2.24) is 39.7 Å². The van der Waals surface area contributed by atoms with Gasteiger partial charge in [-0.25, -0.2) is 15.0 Å². The SMILES string of the molecule is CCCCCCN(Cc1ncc[nH]1)C(C)N(Cc1ncc[nH]1)Cc1ncc[nH]1. The summed E-state index contributed by atoms with van der Waals surface area (Å²) >= 11 is 0. The number of imidazole rings is 3. The Labute approximate surface area is 166 Å². The van der Waals surface area contributed by atoms with Gasteiger partial charge in [0.25, 0.3) is 0 Å². The molecule has 1 unspecified atom stereocenters. The zero-order valence-corrected chi connectivity index (χ0v) is 16.9. The molecular weight excluding hydrogens is 352 g/mol. The van der Waals surface area contributed by atoms with Gasteiger partial charge < -0.3 is 15.0 Å². The smallest absolute Gasteiger partial charge is 0.120 e. The molecule has 0 aliphatic carbocycles. The third-order valence-electron chi connectivity index (χ3n) is 5.08. The molecule has 28 heavy (non-hydrogen) atoms. The van der Waals surface area contributed by atoms with E-state index in [9.17, 15) is 0 Å². The second-order valence-electron chi connectivity index (χ2n) is 7.18. The second-order valence-corrected chi connectivity index (χ2v) is 7.18. The van der Waals surface area contributed by atoms with E-state index >= 15 is 0 Å². The molecule has 3 heterocycles. The Hall–Kier alpha value is -2.45. The molecule has 0 aliphatic rings. The Morgan fingerprint density at radius 1 is 0.750 bits per heavy atom. The zero-order chi connectivity index (χ0) is 19.6. The summed E-state index contributed by atoms with van der Waals surface area (Å²) in [6, 6.07) is 0. The largest absolute Gasteiger partial charge is 0.348 e. The predicted molar refractivity (Wildman–Crippen MR) is 109 cm³/mol. The van der Waals surface area contributed by atoms with E-state index < -0.39 is 0 Å². The molecule has 3 aromatic rings. The summed E-state index contributed by atoms with van der Waals surface area (Å²) in [6.45, 7) is 7.81. The molecule has 0 bridgehead atoms. The first-order valence-corrected chi connectivity index (χ1v) is 10.2. The monoisotopic (exact) mass is 384 g/mol. The standard InChI is InChI=1S/C20H32N8/c1-3-4-5-6-13-27(14-18-21-7-8-22-18)17(2)28(15-19-23-9-10-24-19)16-20-25-11-12-26-20/h7-12,17H,3-6,13-16H2,1-2H3,(H,21,22)(H,23,24)(H,25,26). The molecule has 0 radical (unpaired) electrons. The van der Waals surface area contributed by atoms with Crippen molar-refractivity contribution >= 4 is 0 Å². The van der Waals surface area contributed by atoms with Gasteiger partial charge in [0, 0.05) is 43.7 Å². The first-order chi connectivity index (χ1) is 13.8. The summed E-state index contributed by atoms with van der Waals surface area (Å²) in [5.74, 6) is 2.92. The Morgan fingerprint density at radius 2 is 1.25 bits per heavy atom. The fourth-order valence-corrected chi connectivity index (χ4v) is 3.42. The predicted octanol–water partition coefficient (Wildman–Crippen LogP) is 3.29. The number of aromatic nitrogens is 6. The number of hydrogen-bond acceptors (Lipinski definition) is 5. The third kappa shape index (κ3) is 6.03. The molecule has 0 fully saturated rings. The Bertz CT molecular complexity index is 699. The van der Waals surface area contributed by atoms with E-state index in [2.05, 4.69) is 53.6 Å². The molecule has 0 saturated heterocycles. The highest BCUT2D eigenvalue weighted by Crippen LogP contribution is 2.16. The summed E-state index contributed by atoms with van der Waals surface area (Å²) in [6.07, 6.45) is 16.2. The highest BCUT2D eigenvalue weighted by atomic mass is 15.4. The fraction of sp³-hybridized carbons (Fsp3) is 0.550. The number of unbranched alkanes of at least 4 members (excludes halogenated alkanes) is 3. The lowest BCUT2D eigenvalue weighted by Gasteiger charge is -2.36. The van der Waals surface area contributed by atoms with Gasteiger partial charge in [0.15, 0.2) is 0 Å². The van der Waals surface area contributed by atoms with Crippen molar-refractivity contribution in [3.8, 4) is 0 Å². The van der Waals surface area contributed by atoms with Gasteiger partial charge in [0.05, 0.1) is 25.8 Å². The summed E-state index contributed by atoms with van der Waals surface area (Å²) in [4.78, 5) is 27.9. The number of aromatic amines is 3. The van der Waals surface area contributed by atoms with Crippen LogP contribution >= 0.6 is 0 Å². The summed E-state index contributed by atoms with van der Waals surface area (Å²) in [5, 5.41) is 0. The van der Waals surface area contributed by atoms with Gasteiger partial charge >= 0.3 is 0 Å². The molecule has 3 aromatic heterocycles. The molecule has 0 spiro atoms. The van der Waals surface area contributed by atoms with Crippen LogP contribution in [0.15, 0.2) is 37.2 Å². The van der Waals surface area contributed by atoms with Crippen LogP contribution in [0.25, 0.3) is 0 Å². The highest BCUT2D eigenvalue weighted by Gasteiger charge is 2.23. The van der Waals surface area contributed by atoms with Crippen molar-refractivity contribution in [2.24, 2.45) is 0 Å². The Morgan fingerprint density at radius 3 is 1.68 bits per heavy atom. The number of H-pyrrole nitrogens is 3. The van der Waals surface area contributed by atoms with Crippen molar-refractivity contribution in [3.05, 3.63) is 54.7 Å². The van der Waals surface area contributed by atoms with E-state index in [1.54, 1.807) is 12.4 Å². The molecule has 3 N–H and O–H groups in total. The van der Waals surface area contributed by atoms with Gasteiger partial charge in [0.2, 0.25) is 0 Å². The Balaban J connectivity index is 1.72. The maximum absolute atomic E-state index is 4.44. The minimum Gasteiger partial charge on any atom is -0.348 e. The zero-order valence-electron chi connectivity index (χ0n) is 16.9. The van der Waals surface area contributed by atoms with Crippen molar-refractivity contribution in [3.63, 3.8) is 0 Å². The van der Waals surface area contributed by atoms with Crippen molar-refractivity contribution < 1.29 is 0 Å². The Kier molecular flexibility index (Phi) is 7.81. The fourth-order valence-electron chi connectivity index (χ4n) is 3.42. The van der Waals surface area contributed by atoms with Gasteiger partial charge in [-0.2, -0.15) is 0 Å². The lowest BCUT2D eigenvalue weighted by molar-refractivity contribution is 0.0306. The van der Waals surface area contributed by atoms with Crippen molar-refractivity contribution in [1.29, 1.82) is 0 Å². The molecule has 1 atom stereocenters. The van der Waals surface area contributed by atoms with Gasteiger partial charge in [-0.15, -0.1) is 0 Å². The molecule has 0 aromatic carbocycles. The van der Waals surface area contributed by atoms with Crippen molar-refractivity contribution in [2.75, 3.05) is 6.54 Å². The minimum absolute atomic E-state index is 0.210. The van der Waals surface area contributed by atoms with Crippen LogP contribution < -0.4 is 0 Å². The van der Waals surface area contributed by atoms with E-state index in [0.29, 0.717) is 0 Å². The van der Waals surface area contributed by atoms with Crippen LogP contribution in [0.2, 0.25) is 0 Å². The summed E-state index contributed by atoms with van der Waals surface area (Å²) in [7, 11) is 0. The maximum atomic E-state index is 4.44. The second kappa shape index (κ2) is 10.8. The van der Waals surface area contributed by atoms with Crippen LogP contribution in [0.1, 0.15) is 57.0 Å². The first kappa shape index (κ1) is 20.3. The number of nitrogens with one attached hydrogen (secondary N) is 3. The average Bonchev–Trinajstić information content (AvgIpc) is 3.47. The first-order valence-electron chi connectivity index (χ1n) is 10.2. The maximum Gasteiger partial charge on any atom is 0.120 e. The van der Waals surface area contributed by atoms with Crippen LogP contribution in [0.4, 0.5) is 0 Å². The van der Waals surface area contributed by atoms with E-state index in [1.807, 2.05) is 24.8 Å². The van der Waals surface area contributed by atoms with Crippen LogP contribution in [0.3, 0.4) is 0 Å². The molecule has 152 valence electrons. The van der Waals surface area contributed by atoms with Crippen LogP contribution in [-0.4, -0.2) is 52.4 Å². The quantitative estimate of drug-likeness (QED) is 0.311. The third-order valence-corrected chi connectivity index (χ3v) is 5.08. The summed E-state index contributed by atoms with van der Waals surface area (Å²) in [5.41, 5.74) is 0. The van der Waals surface area contributed by atoms with Crippen molar-refractivity contribution in [2.45, 2.75) is 65.3 Å². The number of nitrogens with zero attached hydrogens (tertiary/aromatic N) is 5. The topological polar surface area (TPSA) is 92.5 Å². The molecule has 0 amide bonds. The van der Waals surface area contributed by atoms with Crippen LogP contribution in [-0.2, 0) is 19.6 Å². The van der Waals surface area contributed by atoms with Gasteiger partial charge in [0.1, 0.15) is 17.5 Å². The summed E-state index contributed by atoms with van der Waals surface area (Å²) < 4.78 is 0. The van der Waals surface area contributed by atoms with Crippen LogP contribution in [0.5, 0.6) is 0 Å². The average molecular weight is 385 g/mol. The van der Waals surface area contributed by atoms with Gasteiger partial charge in [-0.3, -0.25) is 9.80 Å². The molecular formula is C20H32N8. The van der Waals surface area contributed by atoms with E-state index in [1.165, 1.54) is 25.7 Å². The molecule has 0 aliphatic heterocycles. The molecule has 8 heteroatoms. The number of hydrogen-bond donors (Lipinski definition) is 3. The van der Waals surface area contributed by atoms with E-state index in [-0.39, 0.29) is 6.17 Å². The number of rotatable bonds is 13. The van der Waals surface area contributed by atoms with E-state index in [4.69, 9.17) is 0 Å². The van der Waals surface area contributed by atoms with Gasteiger partial charge in [-0.05, 0) is 13.3 Å². The van der Waals surface area contributed by atoms with Crippen LogP contribution in [0, 0.1) is 0 Å². The molecule has 3 rings (SSSR count). The normalized spacial score (nSPS) is 12.9. The van der Waals surface area contributed by atoms with Gasteiger partial charge in [-0.1, -0.05) is 26.2 Å². The minimum atomic E-state index is 0.210. The molecule has 0 saturated carbocycles. The lowest BCUT2D eigenvalue weighted by Crippen LogP contribution is -2.46. The lowest BCUT2D eigenvalue weighted by atomic mass is 10.2. The molecule has 8 nitrogen and oxygen atoms in total. The highest BCUT2D eigenvalue weighted by molar-refractivity contribution is 4.93.